The first-order valence-electron chi connectivity index (χ1n) is 7.93. The molecule has 1 aliphatic rings. The second-order valence-corrected chi connectivity index (χ2v) is 6.02. The summed E-state index contributed by atoms with van der Waals surface area (Å²) in [6.45, 7) is 7.59. The van der Waals surface area contributed by atoms with Crippen LogP contribution in [0.2, 0.25) is 0 Å². The number of rotatable bonds is 7. The van der Waals surface area contributed by atoms with Crippen LogP contribution in [0.1, 0.15) is 57.3 Å². The maximum Gasteiger partial charge on any atom is 0.134 e. The SMILES string of the molecule is CCCc1nc(NC)c(C)c(NCC2(CC)CCC2)n1. The van der Waals surface area contributed by atoms with Crippen molar-refractivity contribution in [3.63, 3.8) is 0 Å². The first-order valence-corrected chi connectivity index (χ1v) is 7.93. The lowest BCUT2D eigenvalue weighted by molar-refractivity contribution is 0.145. The predicted octanol–water partition coefficient (Wildman–Crippen LogP) is 3.77. The van der Waals surface area contributed by atoms with Gasteiger partial charge in [-0.05, 0) is 38.0 Å². The predicted molar refractivity (Wildman–Crippen MR) is 85.4 cm³/mol. The summed E-state index contributed by atoms with van der Waals surface area (Å²) in [6, 6.07) is 0. The highest BCUT2D eigenvalue weighted by atomic mass is 15.1. The molecule has 0 bridgehead atoms. The summed E-state index contributed by atoms with van der Waals surface area (Å²) < 4.78 is 0. The Balaban J connectivity index is 2.14. The van der Waals surface area contributed by atoms with Crippen molar-refractivity contribution in [3.8, 4) is 0 Å². The van der Waals surface area contributed by atoms with Gasteiger partial charge in [0.1, 0.15) is 17.5 Å². The average Bonchev–Trinajstić information content (AvgIpc) is 2.41. The van der Waals surface area contributed by atoms with E-state index in [2.05, 4.69) is 36.4 Å². The third-order valence-electron chi connectivity index (χ3n) is 4.70. The molecule has 0 spiro atoms. The standard InChI is InChI=1S/C16H28N4/c1-5-8-13-19-14(17-4)12(3)15(20-13)18-11-16(6-2)9-7-10-16/h5-11H2,1-4H3,(H2,17,18,19,20). The van der Waals surface area contributed by atoms with E-state index in [-0.39, 0.29) is 0 Å². The summed E-state index contributed by atoms with van der Waals surface area (Å²) in [5, 5.41) is 6.77. The lowest BCUT2D eigenvalue weighted by Crippen LogP contribution is -2.36. The van der Waals surface area contributed by atoms with Crippen molar-refractivity contribution >= 4 is 11.6 Å². The molecule has 0 amide bonds. The largest absolute Gasteiger partial charge is 0.373 e. The minimum atomic E-state index is 0.502. The van der Waals surface area contributed by atoms with Gasteiger partial charge in [-0.1, -0.05) is 20.3 Å². The van der Waals surface area contributed by atoms with Gasteiger partial charge >= 0.3 is 0 Å². The quantitative estimate of drug-likeness (QED) is 0.796. The van der Waals surface area contributed by atoms with Gasteiger partial charge in [0.05, 0.1) is 0 Å². The highest BCUT2D eigenvalue weighted by Crippen LogP contribution is 2.43. The van der Waals surface area contributed by atoms with Crippen LogP contribution in [0.4, 0.5) is 11.6 Å². The van der Waals surface area contributed by atoms with Crippen molar-refractivity contribution in [1.29, 1.82) is 0 Å². The fraction of sp³-hybridized carbons (Fsp3) is 0.750. The first-order chi connectivity index (χ1) is 9.64. The molecule has 1 aliphatic carbocycles. The van der Waals surface area contributed by atoms with Crippen LogP contribution in [0.5, 0.6) is 0 Å². The summed E-state index contributed by atoms with van der Waals surface area (Å²) in [5.74, 6) is 2.89. The van der Waals surface area contributed by atoms with Gasteiger partial charge < -0.3 is 10.6 Å². The Kier molecular flexibility index (Phi) is 4.84. The van der Waals surface area contributed by atoms with Crippen LogP contribution in [0.3, 0.4) is 0 Å². The van der Waals surface area contributed by atoms with Crippen LogP contribution >= 0.6 is 0 Å². The third kappa shape index (κ3) is 3.05. The van der Waals surface area contributed by atoms with Crippen LogP contribution in [0, 0.1) is 12.3 Å². The zero-order valence-corrected chi connectivity index (χ0v) is 13.3. The molecular weight excluding hydrogens is 248 g/mol. The van der Waals surface area contributed by atoms with E-state index in [1.54, 1.807) is 0 Å². The van der Waals surface area contributed by atoms with Gasteiger partial charge in [0.2, 0.25) is 0 Å². The molecule has 0 aliphatic heterocycles. The Hall–Kier alpha value is -1.32. The number of nitrogens with zero attached hydrogens (tertiary/aromatic N) is 2. The van der Waals surface area contributed by atoms with Crippen LogP contribution < -0.4 is 10.6 Å². The van der Waals surface area contributed by atoms with Crippen molar-refractivity contribution in [2.24, 2.45) is 5.41 Å². The summed E-state index contributed by atoms with van der Waals surface area (Å²) in [4.78, 5) is 9.28. The second-order valence-electron chi connectivity index (χ2n) is 6.02. The van der Waals surface area contributed by atoms with Crippen LogP contribution in [-0.2, 0) is 6.42 Å². The van der Waals surface area contributed by atoms with E-state index in [9.17, 15) is 0 Å². The highest BCUT2D eigenvalue weighted by Gasteiger charge is 2.34. The number of aromatic nitrogens is 2. The fourth-order valence-corrected chi connectivity index (χ4v) is 2.92. The lowest BCUT2D eigenvalue weighted by atomic mass is 9.67. The molecule has 2 rings (SSSR count). The normalized spacial score (nSPS) is 16.6. The Labute approximate surface area is 122 Å². The molecule has 0 unspecified atom stereocenters. The van der Waals surface area contributed by atoms with E-state index in [1.165, 1.54) is 25.7 Å². The van der Waals surface area contributed by atoms with Crippen molar-refractivity contribution in [1.82, 2.24) is 9.97 Å². The van der Waals surface area contributed by atoms with Crippen molar-refractivity contribution in [2.75, 3.05) is 24.2 Å². The molecule has 1 heterocycles. The summed E-state index contributed by atoms with van der Waals surface area (Å²) in [7, 11) is 1.92. The summed E-state index contributed by atoms with van der Waals surface area (Å²) >= 11 is 0. The topological polar surface area (TPSA) is 49.8 Å². The van der Waals surface area contributed by atoms with E-state index in [1.807, 2.05) is 7.05 Å². The van der Waals surface area contributed by atoms with Crippen molar-refractivity contribution in [3.05, 3.63) is 11.4 Å². The maximum absolute atomic E-state index is 4.70. The third-order valence-corrected chi connectivity index (χ3v) is 4.70. The Morgan fingerprint density at radius 2 is 1.85 bits per heavy atom. The Morgan fingerprint density at radius 3 is 2.35 bits per heavy atom. The molecule has 0 saturated heterocycles. The lowest BCUT2D eigenvalue weighted by Gasteiger charge is -2.41. The van der Waals surface area contributed by atoms with Crippen LogP contribution in [0.15, 0.2) is 0 Å². The van der Waals surface area contributed by atoms with E-state index >= 15 is 0 Å². The van der Waals surface area contributed by atoms with Gasteiger partial charge in [0.15, 0.2) is 0 Å². The first kappa shape index (κ1) is 15.1. The van der Waals surface area contributed by atoms with Crippen LogP contribution in [-0.4, -0.2) is 23.6 Å². The zero-order valence-electron chi connectivity index (χ0n) is 13.3. The van der Waals surface area contributed by atoms with Crippen LogP contribution in [0.25, 0.3) is 0 Å². The molecule has 1 saturated carbocycles. The minimum absolute atomic E-state index is 0.502. The van der Waals surface area contributed by atoms with E-state index in [0.29, 0.717) is 5.41 Å². The van der Waals surface area contributed by atoms with Gasteiger partial charge in [-0.3, -0.25) is 0 Å². The number of aryl methyl sites for hydroxylation is 1. The summed E-state index contributed by atoms with van der Waals surface area (Å²) in [5.41, 5.74) is 1.63. The Morgan fingerprint density at radius 1 is 1.15 bits per heavy atom. The fourth-order valence-electron chi connectivity index (χ4n) is 2.92. The molecule has 1 aromatic heterocycles. The van der Waals surface area contributed by atoms with E-state index < -0.39 is 0 Å². The van der Waals surface area contributed by atoms with Crippen molar-refractivity contribution in [2.45, 2.75) is 59.3 Å². The number of anilines is 2. The molecule has 0 aromatic carbocycles. The molecule has 4 heteroatoms. The smallest absolute Gasteiger partial charge is 0.134 e. The maximum atomic E-state index is 4.70. The average molecular weight is 276 g/mol. The molecule has 1 fully saturated rings. The summed E-state index contributed by atoms with van der Waals surface area (Å²) in [6.07, 6.45) is 7.34. The molecule has 20 heavy (non-hydrogen) atoms. The number of hydrogen-bond donors (Lipinski definition) is 2. The monoisotopic (exact) mass is 276 g/mol. The molecule has 0 atom stereocenters. The molecular formula is C16H28N4. The number of nitrogens with one attached hydrogen (secondary N) is 2. The van der Waals surface area contributed by atoms with Gasteiger partial charge in [-0.15, -0.1) is 0 Å². The van der Waals surface area contributed by atoms with E-state index in [0.717, 1.165) is 42.4 Å². The molecule has 0 radical (unpaired) electrons. The Bertz CT molecular complexity index is 447. The highest BCUT2D eigenvalue weighted by molar-refractivity contribution is 5.57. The number of hydrogen-bond acceptors (Lipinski definition) is 4. The molecule has 2 N–H and O–H groups in total. The zero-order chi connectivity index (χ0) is 14.6. The van der Waals surface area contributed by atoms with Gasteiger partial charge in [-0.2, -0.15) is 0 Å². The molecule has 4 nitrogen and oxygen atoms in total. The van der Waals surface area contributed by atoms with Gasteiger partial charge in [0.25, 0.3) is 0 Å². The van der Waals surface area contributed by atoms with Crippen molar-refractivity contribution < 1.29 is 0 Å². The molecule has 112 valence electrons. The van der Waals surface area contributed by atoms with Gasteiger partial charge in [-0.25, -0.2) is 9.97 Å². The van der Waals surface area contributed by atoms with E-state index in [4.69, 9.17) is 4.98 Å². The van der Waals surface area contributed by atoms with Gasteiger partial charge in [0, 0.05) is 25.6 Å². The second kappa shape index (κ2) is 6.42. The molecule has 1 aromatic rings. The minimum Gasteiger partial charge on any atom is -0.373 e.